The molecule has 2 rings (SSSR count). The molecule has 2 aromatic rings. The third kappa shape index (κ3) is 2.48. The lowest BCUT2D eigenvalue weighted by atomic mass is 10.3. The van der Waals surface area contributed by atoms with Crippen molar-refractivity contribution in [3.63, 3.8) is 0 Å². The molecule has 7 heteroatoms. The highest BCUT2D eigenvalue weighted by Crippen LogP contribution is 2.12. The van der Waals surface area contributed by atoms with Crippen LogP contribution in [0.2, 0.25) is 0 Å². The predicted molar refractivity (Wildman–Crippen MR) is 71.1 cm³/mol. The Morgan fingerprint density at radius 2 is 1.75 bits per heavy atom. The lowest BCUT2D eigenvalue weighted by molar-refractivity contribution is 0.0600. The molecule has 0 saturated heterocycles. The second-order valence-corrected chi connectivity index (χ2v) is 5.68. The fourth-order valence-electron chi connectivity index (χ4n) is 1.60. The molecule has 0 aliphatic rings. The van der Waals surface area contributed by atoms with Gasteiger partial charge >= 0.3 is 5.97 Å². The summed E-state index contributed by atoms with van der Waals surface area (Å²) in [6, 6.07) is 9.70. The lowest BCUT2D eigenvalue weighted by Gasteiger charge is -2.08. The Morgan fingerprint density at radius 1 is 1.10 bits per heavy atom. The molecule has 0 aliphatic carbocycles. The molecular weight excluding hydrogens is 282 g/mol. The van der Waals surface area contributed by atoms with E-state index in [2.05, 4.69) is 4.74 Å². The number of carbonyl (C=O) groups is 1. The maximum absolute atomic E-state index is 12.3. The van der Waals surface area contributed by atoms with Crippen LogP contribution in [0.1, 0.15) is 10.4 Å². The van der Waals surface area contributed by atoms with Gasteiger partial charge in [-0.25, -0.2) is 17.2 Å². The number of pyridine rings is 1. The van der Waals surface area contributed by atoms with Gasteiger partial charge < -0.3 is 4.74 Å². The average Bonchev–Trinajstić information content (AvgIpc) is 2.47. The molecule has 0 aliphatic heterocycles. The number of ether oxygens (including phenoxy) is 1. The molecule has 0 fully saturated rings. The van der Waals surface area contributed by atoms with Crippen LogP contribution in [0.25, 0.3) is 0 Å². The molecule has 0 N–H and O–H groups in total. The third-order valence-corrected chi connectivity index (χ3v) is 4.27. The van der Waals surface area contributed by atoms with Crippen LogP contribution >= 0.6 is 0 Å². The van der Waals surface area contributed by atoms with Gasteiger partial charge in [-0.2, -0.15) is 0 Å². The first-order valence-electron chi connectivity index (χ1n) is 5.58. The molecule has 0 unspecified atom stereocenters. The van der Waals surface area contributed by atoms with Crippen molar-refractivity contribution >= 4 is 16.0 Å². The molecule has 20 heavy (non-hydrogen) atoms. The molecule has 0 saturated carbocycles. The van der Waals surface area contributed by atoms with Crippen molar-refractivity contribution in [2.45, 2.75) is 4.90 Å². The van der Waals surface area contributed by atoms with Crippen molar-refractivity contribution in [2.75, 3.05) is 7.11 Å². The molecule has 0 radical (unpaired) electrons. The highest BCUT2D eigenvalue weighted by molar-refractivity contribution is 7.90. The van der Waals surface area contributed by atoms with Crippen LogP contribution < -0.4 is 5.56 Å². The Bertz CT molecular complexity index is 793. The predicted octanol–water partition coefficient (Wildman–Crippen LogP) is 0.872. The number of nitrogens with zero attached hydrogens (tertiary/aromatic N) is 1. The molecule has 6 nitrogen and oxygen atoms in total. The molecule has 0 bridgehead atoms. The second kappa shape index (κ2) is 5.30. The summed E-state index contributed by atoms with van der Waals surface area (Å²) < 4.78 is 29.7. The summed E-state index contributed by atoms with van der Waals surface area (Å²) in [5.41, 5.74) is -0.770. The Balaban J connectivity index is 2.64. The van der Waals surface area contributed by atoms with Crippen molar-refractivity contribution in [3.05, 3.63) is 64.6 Å². The summed E-state index contributed by atoms with van der Waals surface area (Å²) in [6.07, 6.45) is 0.955. The normalized spacial score (nSPS) is 11.1. The first kappa shape index (κ1) is 14.0. The number of benzene rings is 1. The lowest BCUT2D eigenvalue weighted by Crippen LogP contribution is -2.27. The fraction of sp³-hybridized carbons (Fsp3) is 0.0769. The Hall–Kier alpha value is -2.41. The number of carbonyl (C=O) groups excluding carboxylic acids is 1. The van der Waals surface area contributed by atoms with E-state index in [9.17, 15) is 18.0 Å². The summed E-state index contributed by atoms with van der Waals surface area (Å²) in [5, 5.41) is 0. The molecule has 104 valence electrons. The summed E-state index contributed by atoms with van der Waals surface area (Å²) >= 11 is 0. The van der Waals surface area contributed by atoms with Gasteiger partial charge in [0.1, 0.15) is 0 Å². The maximum atomic E-state index is 12.3. The zero-order valence-electron chi connectivity index (χ0n) is 10.5. The van der Waals surface area contributed by atoms with E-state index in [0.717, 1.165) is 12.3 Å². The van der Waals surface area contributed by atoms with Crippen LogP contribution in [0.4, 0.5) is 0 Å². The van der Waals surface area contributed by atoms with Crippen LogP contribution in [-0.2, 0) is 14.8 Å². The smallest absolute Gasteiger partial charge is 0.339 e. The van der Waals surface area contributed by atoms with Crippen molar-refractivity contribution < 1.29 is 17.9 Å². The van der Waals surface area contributed by atoms with Gasteiger partial charge in [-0.15, -0.1) is 0 Å². The average molecular weight is 293 g/mol. The molecule has 0 amide bonds. The molecule has 0 spiro atoms. The quantitative estimate of drug-likeness (QED) is 0.784. The van der Waals surface area contributed by atoms with Crippen molar-refractivity contribution in [3.8, 4) is 0 Å². The number of esters is 1. The number of hydrogen-bond acceptors (Lipinski definition) is 5. The van der Waals surface area contributed by atoms with Gasteiger partial charge in [0.25, 0.3) is 15.6 Å². The Kier molecular flexibility index (Phi) is 3.71. The molecule has 1 aromatic carbocycles. The zero-order chi connectivity index (χ0) is 14.8. The van der Waals surface area contributed by atoms with Gasteiger partial charge in [0.05, 0.1) is 17.6 Å². The van der Waals surface area contributed by atoms with Crippen LogP contribution in [0.15, 0.2) is 58.4 Å². The minimum absolute atomic E-state index is 0.0217. The van der Waals surface area contributed by atoms with Gasteiger partial charge in [-0.05, 0) is 18.2 Å². The number of hydrogen-bond donors (Lipinski definition) is 0. The summed E-state index contributed by atoms with van der Waals surface area (Å²) in [4.78, 5) is 23.1. The van der Waals surface area contributed by atoms with Crippen LogP contribution in [-0.4, -0.2) is 25.5 Å². The standard InChI is InChI=1S/C13H11NO5S/c1-19-13(16)10-7-8-12(15)14(9-10)20(17,18)11-5-3-2-4-6-11/h2-9H,1H3. The van der Waals surface area contributed by atoms with Gasteiger partial charge in [-0.3, -0.25) is 4.79 Å². The van der Waals surface area contributed by atoms with Gasteiger partial charge in [0.2, 0.25) is 0 Å². The van der Waals surface area contributed by atoms with Crippen molar-refractivity contribution in [1.29, 1.82) is 0 Å². The van der Waals surface area contributed by atoms with Gasteiger partial charge in [-0.1, -0.05) is 18.2 Å². The SMILES string of the molecule is COC(=O)c1ccc(=O)n(S(=O)(=O)c2ccccc2)c1. The highest BCUT2D eigenvalue weighted by atomic mass is 32.2. The molecule has 0 atom stereocenters. The van der Waals surface area contributed by atoms with E-state index in [0.29, 0.717) is 3.97 Å². The summed E-state index contributed by atoms with van der Waals surface area (Å²) in [6.45, 7) is 0. The van der Waals surface area contributed by atoms with Crippen LogP contribution in [0.3, 0.4) is 0 Å². The fourth-order valence-corrected chi connectivity index (χ4v) is 2.88. The van der Waals surface area contributed by atoms with E-state index in [1.54, 1.807) is 18.2 Å². The third-order valence-electron chi connectivity index (χ3n) is 2.60. The molecule has 1 aromatic heterocycles. The maximum Gasteiger partial charge on any atom is 0.339 e. The number of rotatable bonds is 3. The summed E-state index contributed by atoms with van der Waals surface area (Å²) in [7, 11) is -2.87. The minimum atomic E-state index is -4.04. The molecule has 1 heterocycles. The Labute approximate surface area is 115 Å². The number of aromatic nitrogens is 1. The first-order chi connectivity index (χ1) is 9.46. The largest absolute Gasteiger partial charge is 0.465 e. The van der Waals surface area contributed by atoms with E-state index in [1.165, 1.54) is 25.3 Å². The van der Waals surface area contributed by atoms with E-state index < -0.39 is 21.6 Å². The van der Waals surface area contributed by atoms with Crippen molar-refractivity contribution in [1.82, 2.24) is 3.97 Å². The minimum Gasteiger partial charge on any atom is -0.465 e. The molecular formula is C13H11NO5S. The number of methoxy groups -OCH3 is 1. The summed E-state index contributed by atoms with van der Waals surface area (Å²) in [5.74, 6) is -0.720. The van der Waals surface area contributed by atoms with E-state index in [1.807, 2.05) is 0 Å². The highest BCUT2D eigenvalue weighted by Gasteiger charge is 2.19. The zero-order valence-corrected chi connectivity index (χ0v) is 11.3. The van der Waals surface area contributed by atoms with E-state index in [-0.39, 0.29) is 10.5 Å². The van der Waals surface area contributed by atoms with E-state index >= 15 is 0 Å². The first-order valence-corrected chi connectivity index (χ1v) is 7.02. The topological polar surface area (TPSA) is 82.4 Å². The van der Waals surface area contributed by atoms with Crippen LogP contribution in [0, 0.1) is 0 Å². The second-order valence-electron chi connectivity index (χ2n) is 3.86. The van der Waals surface area contributed by atoms with Crippen molar-refractivity contribution in [2.24, 2.45) is 0 Å². The van der Waals surface area contributed by atoms with Crippen LogP contribution in [0.5, 0.6) is 0 Å². The van der Waals surface area contributed by atoms with Gasteiger partial charge in [0.15, 0.2) is 0 Å². The Morgan fingerprint density at radius 3 is 2.35 bits per heavy atom. The monoisotopic (exact) mass is 293 g/mol. The van der Waals surface area contributed by atoms with E-state index in [4.69, 9.17) is 0 Å². The van der Waals surface area contributed by atoms with Gasteiger partial charge in [0, 0.05) is 12.3 Å².